The third-order valence-corrected chi connectivity index (χ3v) is 12.0. The predicted octanol–water partition coefficient (Wildman–Crippen LogP) is 16.6. The van der Waals surface area contributed by atoms with Crippen LogP contribution in [0.1, 0.15) is 0 Å². The maximum Gasteiger partial charge on any atom is 0.0619 e. The van der Waals surface area contributed by atoms with Gasteiger partial charge in [-0.25, -0.2) is 0 Å². The van der Waals surface area contributed by atoms with Crippen LogP contribution < -0.4 is 4.90 Å². The zero-order valence-corrected chi connectivity index (χ0v) is 34.1. The second-order valence-electron chi connectivity index (χ2n) is 15.7. The van der Waals surface area contributed by atoms with Crippen molar-refractivity contribution in [1.29, 1.82) is 0 Å². The summed E-state index contributed by atoms with van der Waals surface area (Å²) >= 11 is 0. The quantitative estimate of drug-likeness (QED) is 0.141. The van der Waals surface area contributed by atoms with E-state index in [0.29, 0.717) is 0 Å². The molecule has 0 fully saturated rings. The van der Waals surface area contributed by atoms with Crippen molar-refractivity contribution in [1.82, 2.24) is 4.57 Å². The van der Waals surface area contributed by atoms with Crippen LogP contribution in [0.25, 0.3) is 83.1 Å². The summed E-state index contributed by atoms with van der Waals surface area (Å²) < 4.78 is 2.48. The van der Waals surface area contributed by atoms with Crippen LogP contribution >= 0.6 is 0 Å². The zero-order chi connectivity index (χ0) is 41.2. The molecule has 292 valence electrons. The third-order valence-electron chi connectivity index (χ3n) is 12.0. The van der Waals surface area contributed by atoms with Crippen molar-refractivity contribution < 1.29 is 0 Å². The fourth-order valence-corrected chi connectivity index (χ4v) is 8.99. The Hall–Kier alpha value is -8.20. The molecule has 0 aliphatic carbocycles. The van der Waals surface area contributed by atoms with E-state index in [1.54, 1.807) is 0 Å². The lowest BCUT2D eigenvalue weighted by Crippen LogP contribution is -2.09. The van der Waals surface area contributed by atoms with E-state index >= 15 is 0 Å². The topological polar surface area (TPSA) is 8.17 Å². The van der Waals surface area contributed by atoms with Crippen LogP contribution in [-0.2, 0) is 0 Å². The van der Waals surface area contributed by atoms with Crippen molar-refractivity contribution in [2.75, 3.05) is 4.90 Å². The van der Waals surface area contributed by atoms with E-state index in [4.69, 9.17) is 0 Å². The smallest absolute Gasteiger partial charge is 0.0619 e. The molecule has 2 nitrogen and oxygen atoms in total. The van der Waals surface area contributed by atoms with Crippen LogP contribution in [0, 0.1) is 0 Å². The molecule has 0 amide bonds. The Balaban J connectivity index is 1.01. The zero-order valence-electron chi connectivity index (χ0n) is 34.1. The molecule has 11 rings (SSSR count). The molecular weight excluding hydrogens is 749 g/mol. The van der Waals surface area contributed by atoms with Gasteiger partial charge in [-0.2, -0.15) is 0 Å². The van der Waals surface area contributed by atoms with Crippen LogP contribution in [0.5, 0.6) is 0 Å². The van der Waals surface area contributed by atoms with E-state index in [1.165, 1.54) is 71.9 Å². The van der Waals surface area contributed by atoms with E-state index < -0.39 is 0 Å². The normalized spacial score (nSPS) is 11.2. The summed E-state index contributed by atoms with van der Waals surface area (Å²) in [6, 6.07) is 91.9. The molecule has 0 radical (unpaired) electrons. The highest BCUT2D eigenvalue weighted by molar-refractivity contribution is 6.14. The average Bonchev–Trinajstić information content (AvgIpc) is 3.70. The Morgan fingerprint density at radius 2 is 0.597 bits per heavy atom. The summed E-state index contributed by atoms with van der Waals surface area (Å²) in [6.45, 7) is 0. The molecule has 1 aromatic heterocycles. The number of anilines is 3. The van der Waals surface area contributed by atoms with Gasteiger partial charge in [-0.05, 0) is 93.0 Å². The van der Waals surface area contributed by atoms with Crippen LogP contribution in [0.15, 0.2) is 255 Å². The van der Waals surface area contributed by atoms with Gasteiger partial charge in [-0.1, -0.05) is 206 Å². The van der Waals surface area contributed by atoms with Gasteiger partial charge in [0.1, 0.15) is 0 Å². The molecule has 62 heavy (non-hydrogen) atoms. The van der Waals surface area contributed by atoms with Crippen LogP contribution in [0.3, 0.4) is 0 Å². The van der Waals surface area contributed by atoms with Gasteiger partial charge in [0.25, 0.3) is 0 Å². The molecule has 0 N–H and O–H groups in total. The molecule has 0 saturated heterocycles. The standard InChI is InChI=1S/C60H42N2/c1-4-15-43(16-5-1)46-27-29-50(30-28-46)55-23-14-24-57-56-22-11-13-26-59(56)62(60(55)57)58-25-12-10-21-54(58)49-35-41-53(42-36-49)61(51-37-31-47(32-38-51)44-17-6-2-7-18-44)52-39-33-48(34-40-52)45-19-8-3-9-20-45/h1-42H. The minimum absolute atomic E-state index is 1.09. The van der Waals surface area contributed by atoms with Gasteiger partial charge in [-0.3, -0.25) is 0 Å². The molecule has 0 aliphatic heterocycles. The first-order valence-corrected chi connectivity index (χ1v) is 21.3. The first kappa shape index (κ1) is 36.8. The average molecular weight is 791 g/mol. The highest BCUT2D eigenvalue weighted by Crippen LogP contribution is 2.42. The Morgan fingerprint density at radius 3 is 1.13 bits per heavy atom. The molecule has 0 unspecified atom stereocenters. The second-order valence-corrected chi connectivity index (χ2v) is 15.7. The van der Waals surface area contributed by atoms with Crippen molar-refractivity contribution in [2.24, 2.45) is 0 Å². The molecule has 2 heteroatoms. The fraction of sp³-hybridized carbons (Fsp3) is 0. The van der Waals surface area contributed by atoms with E-state index in [0.717, 1.165) is 28.3 Å². The summed E-state index contributed by atoms with van der Waals surface area (Å²) in [6.07, 6.45) is 0. The minimum atomic E-state index is 1.09. The summed E-state index contributed by atoms with van der Waals surface area (Å²) in [5, 5.41) is 2.48. The van der Waals surface area contributed by atoms with E-state index in [9.17, 15) is 0 Å². The van der Waals surface area contributed by atoms with Crippen LogP contribution in [-0.4, -0.2) is 4.57 Å². The Labute approximate surface area is 362 Å². The Kier molecular flexibility index (Phi) is 9.57. The number of hydrogen-bond donors (Lipinski definition) is 0. The third kappa shape index (κ3) is 6.84. The lowest BCUT2D eigenvalue weighted by atomic mass is 9.98. The lowest BCUT2D eigenvalue weighted by Gasteiger charge is -2.26. The molecule has 0 spiro atoms. The summed E-state index contributed by atoms with van der Waals surface area (Å²) in [7, 11) is 0. The molecule has 0 saturated carbocycles. The van der Waals surface area contributed by atoms with Crippen LogP contribution in [0.2, 0.25) is 0 Å². The maximum absolute atomic E-state index is 2.48. The first-order chi connectivity index (χ1) is 30.8. The summed E-state index contributed by atoms with van der Waals surface area (Å²) in [4.78, 5) is 2.35. The lowest BCUT2D eigenvalue weighted by molar-refractivity contribution is 1.18. The molecule has 0 bridgehead atoms. The van der Waals surface area contributed by atoms with Gasteiger partial charge in [0.2, 0.25) is 0 Å². The number of hydrogen-bond acceptors (Lipinski definition) is 1. The predicted molar refractivity (Wildman–Crippen MR) is 263 cm³/mol. The fourth-order valence-electron chi connectivity index (χ4n) is 8.99. The van der Waals surface area contributed by atoms with Gasteiger partial charge in [0, 0.05) is 39.0 Å². The first-order valence-electron chi connectivity index (χ1n) is 21.3. The van der Waals surface area contributed by atoms with Gasteiger partial charge in [0.15, 0.2) is 0 Å². The van der Waals surface area contributed by atoms with Gasteiger partial charge < -0.3 is 9.47 Å². The SMILES string of the molecule is c1ccc(-c2ccc(-c3cccc4c5ccccc5n(-c5ccccc5-c5ccc(N(c6ccc(-c7ccccc7)cc6)c6ccc(-c7ccccc7)cc6)cc5)c34)cc2)cc1. The number of aromatic nitrogens is 1. The molecule has 10 aromatic carbocycles. The number of fused-ring (bicyclic) bond motifs is 3. The van der Waals surface area contributed by atoms with Crippen molar-refractivity contribution in [3.63, 3.8) is 0 Å². The number of benzene rings is 10. The maximum atomic E-state index is 2.48. The van der Waals surface area contributed by atoms with Gasteiger partial charge in [0.05, 0.1) is 16.7 Å². The monoisotopic (exact) mass is 790 g/mol. The molecule has 0 atom stereocenters. The Morgan fingerprint density at radius 1 is 0.242 bits per heavy atom. The van der Waals surface area contributed by atoms with Gasteiger partial charge >= 0.3 is 0 Å². The van der Waals surface area contributed by atoms with Crippen molar-refractivity contribution in [2.45, 2.75) is 0 Å². The number of para-hydroxylation sites is 3. The number of rotatable bonds is 9. The van der Waals surface area contributed by atoms with Crippen LogP contribution in [0.4, 0.5) is 17.1 Å². The number of nitrogens with zero attached hydrogens (tertiary/aromatic N) is 2. The second kappa shape index (κ2) is 16.1. The molecule has 11 aromatic rings. The molecule has 0 aliphatic rings. The van der Waals surface area contributed by atoms with E-state index in [1.807, 2.05) is 0 Å². The Bertz CT molecular complexity index is 3190. The van der Waals surface area contributed by atoms with E-state index in [2.05, 4.69) is 264 Å². The highest BCUT2D eigenvalue weighted by Gasteiger charge is 2.20. The van der Waals surface area contributed by atoms with Crippen molar-refractivity contribution in [3.05, 3.63) is 255 Å². The van der Waals surface area contributed by atoms with E-state index in [-0.39, 0.29) is 0 Å². The summed E-state index contributed by atoms with van der Waals surface area (Å²) in [5.74, 6) is 0. The molecular formula is C60H42N2. The van der Waals surface area contributed by atoms with Crippen molar-refractivity contribution >= 4 is 38.9 Å². The minimum Gasteiger partial charge on any atom is -0.311 e. The molecule has 1 heterocycles. The summed E-state index contributed by atoms with van der Waals surface area (Å²) in [5.41, 5.74) is 18.8. The van der Waals surface area contributed by atoms with Crippen molar-refractivity contribution in [3.8, 4) is 61.3 Å². The largest absolute Gasteiger partial charge is 0.311 e. The van der Waals surface area contributed by atoms with Gasteiger partial charge in [-0.15, -0.1) is 0 Å². The highest BCUT2D eigenvalue weighted by atomic mass is 15.1.